The van der Waals surface area contributed by atoms with Crippen molar-refractivity contribution in [2.75, 3.05) is 11.9 Å². The fourth-order valence-corrected chi connectivity index (χ4v) is 3.46. The second kappa shape index (κ2) is 14.4. The highest BCUT2D eigenvalue weighted by Crippen LogP contribution is 2.16. The van der Waals surface area contributed by atoms with Crippen molar-refractivity contribution in [1.82, 2.24) is 0 Å². The molecule has 2 aromatic rings. The lowest BCUT2D eigenvalue weighted by molar-refractivity contribution is -0.384. The first kappa shape index (κ1) is 23.7. The van der Waals surface area contributed by atoms with Gasteiger partial charge in [0.05, 0.1) is 4.92 Å². The summed E-state index contributed by atoms with van der Waals surface area (Å²) in [5, 5.41) is 14.2. The monoisotopic (exact) mass is 408 g/mol. The van der Waals surface area contributed by atoms with Crippen molar-refractivity contribution in [1.29, 1.82) is 0 Å². The summed E-state index contributed by atoms with van der Waals surface area (Å²) in [6.45, 7) is 3.29. The maximum absolute atomic E-state index is 10.7. The van der Waals surface area contributed by atoms with Crippen molar-refractivity contribution in [3.05, 3.63) is 69.8 Å². The predicted molar refractivity (Wildman–Crippen MR) is 129 cm³/mol. The summed E-state index contributed by atoms with van der Waals surface area (Å²) in [4.78, 5) is 10.3. The van der Waals surface area contributed by atoms with Gasteiger partial charge in [-0.1, -0.05) is 89.0 Å². The number of anilines is 1. The second-order valence-corrected chi connectivity index (χ2v) is 7.91. The van der Waals surface area contributed by atoms with Gasteiger partial charge in [-0.25, -0.2) is 0 Å². The van der Waals surface area contributed by atoms with Gasteiger partial charge in [0.25, 0.3) is 5.69 Å². The third-order valence-corrected chi connectivity index (χ3v) is 5.34. The minimum atomic E-state index is -0.380. The minimum absolute atomic E-state index is 0.116. The first-order valence-electron chi connectivity index (χ1n) is 11.5. The molecule has 0 unspecified atom stereocenters. The van der Waals surface area contributed by atoms with Crippen molar-refractivity contribution < 1.29 is 4.92 Å². The molecule has 0 heterocycles. The average Bonchev–Trinajstić information content (AvgIpc) is 2.77. The van der Waals surface area contributed by atoms with Crippen LogP contribution in [0.25, 0.3) is 12.2 Å². The lowest BCUT2D eigenvalue weighted by Gasteiger charge is -2.07. The Bertz CT molecular complexity index is 752. The van der Waals surface area contributed by atoms with Gasteiger partial charge in [0.1, 0.15) is 0 Å². The van der Waals surface area contributed by atoms with Gasteiger partial charge >= 0.3 is 0 Å². The van der Waals surface area contributed by atoms with Gasteiger partial charge in [-0.15, -0.1) is 0 Å². The quantitative estimate of drug-likeness (QED) is 0.140. The molecule has 0 aromatic heterocycles. The summed E-state index contributed by atoms with van der Waals surface area (Å²) in [6, 6.07) is 15.0. The summed E-state index contributed by atoms with van der Waals surface area (Å²) in [7, 11) is 0. The maximum Gasteiger partial charge on any atom is 0.269 e. The Balaban J connectivity index is 1.59. The van der Waals surface area contributed by atoms with E-state index >= 15 is 0 Å². The molecule has 30 heavy (non-hydrogen) atoms. The van der Waals surface area contributed by atoms with Gasteiger partial charge in [0.2, 0.25) is 0 Å². The zero-order chi connectivity index (χ0) is 21.4. The Labute approximate surface area is 181 Å². The normalized spacial score (nSPS) is 11.1. The van der Waals surface area contributed by atoms with Crippen molar-refractivity contribution in [2.45, 2.75) is 71.1 Å². The molecule has 1 N–H and O–H groups in total. The van der Waals surface area contributed by atoms with Crippen LogP contribution in [0.3, 0.4) is 0 Å². The van der Waals surface area contributed by atoms with E-state index in [1.165, 1.54) is 76.3 Å². The number of nitrogens with zero attached hydrogens (tertiary/aromatic N) is 1. The van der Waals surface area contributed by atoms with Crippen molar-refractivity contribution >= 4 is 23.5 Å². The topological polar surface area (TPSA) is 55.2 Å². The molecule has 0 saturated heterocycles. The first-order chi connectivity index (χ1) is 14.7. The second-order valence-electron chi connectivity index (χ2n) is 7.91. The molecule has 2 rings (SSSR count). The van der Waals surface area contributed by atoms with E-state index in [4.69, 9.17) is 0 Å². The molecule has 2 aromatic carbocycles. The van der Waals surface area contributed by atoms with Gasteiger partial charge < -0.3 is 5.32 Å². The Morgan fingerprint density at radius 2 is 1.20 bits per heavy atom. The Morgan fingerprint density at radius 1 is 0.733 bits per heavy atom. The number of unbranched alkanes of at least 4 members (excludes halogenated alkanes) is 9. The third kappa shape index (κ3) is 9.73. The van der Waals surface area contributed by atoms with Gasteiger partial charge in [-0.2, -0.15) is 0 Å². The molecule has 0 bridgehead atoms. The van der Waals surface area contributed by atoms with Crippen LogP contribution < -0.4 is 5.32 Å². The molecule has 0 radical (unpaired) electrons. The molecule has 0 amide bonds. The van der Waals surface area contributed by atoms with Crippen LogP contribution in [0.1, 0.15) is 82.3 Å². The zero-order valence-corrected chi connectivity index (χ0v) is 18.3. The number of hydrogen-bond acceptors (Lipinski definition) is 3. The largest absolute Gasteiger partial charge is 0.385 e. The summed E-state index contributed by atoms with van der Waals surface area (Å²) in [6.07, 6.45) is 17.6. The summed E-state index contributed by atoms with van der Waals surface area (Å²) in [5.41, 5.74) is 3.32. The smallest absolute Gasteiger partial charge is 0.269 e. The molecular formula is C26H36N2O2. The van der Waals surface area contributed by atoms with E-state index in [1.54, 1.807) is 12.1 Å². The number of nitrogens with one attached hydrogen (secondary N) is 1. The van der Waals surface area contributed by atoms with E-state index in [-0.39, 0.29) is 10.6 Å². The number of benzene rings is 2. The Hall–Kier alpha value is -2.62. The molecule has 4 heteroatoms. The molecule has 0 saturated carbocycles. The van der Waals surface area contributed by atoms with Crippen LogP contribution >= 0.6 is 0 Å². The van der Waals surface area contributed by atoms with Crippen molar-refractivity contribution in [3.8, 4) is 0 Å². The summed E-state index contributed by atoms with van der Waals surface area (Å²) >= 11 is 0. The average molecular weight is 409 g/mol. The standard InChI is InChI=1S/C26H36N2O2/c1-2-3-4-5-6-7-8-9-10-11-22-27-25-18-14-23(15-19-25)12-13-24-16-20-26(21-17-24)28(29)30/h12-21,27H,2-11,22H2,1H3/b13-12+. The molecule has 4 nitrogen and oxygen atoms in total. The Morgan fingerprint density at radius 3 is 1.70 bits per heavy atom. The van der Waals surface area contributed by atoms with Crippen LogP contribution in [0.2, 0.25) is 0 Å². The molecule has 0 aliphatic carbocycles. The number of rotatable bonds is 15. The van der Waals surface area contributed by atoms with Crippen LogP contribution in [0, 0.1) is 10.1 Å². The van der Waals surface area contributed by atoms with Crippen LogP contribution in [-0.2, 0) is 0 Å². The van der Waals surface area contributed by atoms with Gasteiger partial charge in [0.15, 0.2) is 0 Å². The van der Waals surface area contributed by atoms with Crippen LogP contribution in [0.4, 0.5) is 11.4 Å². The number of nitro benzene ring substituents is 1. The van der Waals surface area contributed by atoms with Crippen LogP contribution in [-0.4, -0.2) is 11.5 Å². The van der Waals surface area contributed by atoms with Crippen molar-refractivity contribution in [2.24, 2.45) is 0 Å². The van der Waals surface area contributed by atoms with E-state index in [0.717, 1.165) is 23.4 Å². The summed E-state index contributed by atoms with van der Waals surface area (Å²) < 4.78 is 0. The van der Waals surface area contributed by atoms with Gasteiger partial charge in [0, 0.05) is 24.4 Å². The molecular weight excluding hydrogens is 372 g/mol. The zero-order valence-electron chi connectivity index (χ0n) is 18.3. The number of nitro groups is 1. The Kier molecular flexibility index (Phi) is 11.3. The molecule has 0 aliphatic heterocycles. The molecule has 0 atom stereocenters. The SMILES string of the molecule is CCCCCCCCCCCCNc1ccc(/C=C/c2ccc([N+](=O)[O-])cc2)cc1. The van der Waals surface area contributed by atoms with E-state index in [0.29, 0.717) is 0 Å². The van der Waals surface area contributed by atoms with E-state index in [1.807, 2.05) is 12.2 Å². The number of non-ortho nitro benzene ring substituents is 1. The molecule has 0 fully saturated rings. The highest BCUT2D eigenvalue weighted by molar-refractivity contribution is 5.70. The maximum atomic E-state index is 10.7. The highest BCUT2D eigenvalue weighted by atomic mass is 16.6. The number of hydrogen-bond donors (Lipinski definition) is 1. The summed E-state index contributed by atoms with van der Waals surface area (Å²) in [5.74, 6) is 0. The fraction of sp³-hybridized carbons (Fsp3) is 0.462. The first-order valence-corrected chi connectivity index (χ1v) is 11.5. The minimum Gasteiger partial charge on any atom is -0.385 e. The molecule has 0 spiro atoms. The molecule has 0 aliphatic rings. The van der Waals surface area contributed by atoms with Crippen molar-refractivity contribution in [3.63, 3.8) is 0 Å². The lowest BCUT2D eigenvalue weighted by atomic mass is 10.1. The fourth-order valence-electron chi connectivity index (χ4n) is 3.46. The predicted octanol–water partition coefficient (Wildman–Crippen LogP) is 8.10. The van der Waals surface area contributed by atoms with Gasteiger partial charge in [-0.05, 0) is 41.8 Å². The van der Waals surface area contributed by atoms with E-state index < -0.39 is 0 Å². The van der Waals surface area contributed by atoms with Crippen LogP contribution in [0.5, 0.6) is 0 Å². The van der Waals surface area contributed by atoms with E-state index in [9.17, 15) is 10.1 Å². The van der Waals surface area contributed by atoms with E-state index in [2.05, 4.69) is 36.5 Å². The third-order valence-electron chi connectivity index (χ3n) is 5.34. The molecule has 162 valence electrons. The highest BCUT2D eigenvalue weighted by Gasteiger charge is 2.02. The van der Waals surface area contributed by atoms with Gasteiger partial charge in [-0.3, -0.25) is 10.1 Å². The lowest BCUT2D eigenvalue weighted by Crippen LogP contribution is -2.01. The van der Waals surface area contributed by atoms with Crippen LogP contribution in [0.15, 0.2) is 48.5 Å².